The van der Waals surface area contributed by atoms with Gasteiger partial charge in [-0.25, -0.2) is 4.98 Å². The van der Waals surface area contributed by atoms with Crippen LogP contribution < -0.4 is 0 Å². The predicted octanol–water partition coefficient (Wildman–Crippen LogP) is 1.56. The summed E-state index contributed by atoms with van der Waals surface area (Å²) in [5.41, 5.74) is 0.753. The Bertz CT molecular complexity index is 199. The average Bonchev–Trinajstić information content (AvgIpc) is 2.36. The van der Waals surface area contributed by atoms with Crippen molar-refractivity contribution in [2.75, 3.05) is 7.11 Å². The fourth-order valence-electron chi connectivity index (χ4n) is 0.651. The Kier molecular flexibility index (Phi) is 2.71. The maximum atomic E-state index is 5.53. The first-order valence-electron chi connectivity index (χ1n) is 2.84. The average molecular weight is 162 g/mol. The number of hydrogen-bond acceptors (Lipinski definition) is 3. The summed E-state index contributed by atoms with van der Waals surface area (Å²) in [6.45, 7) is 0.433. The van der Waals surface area contributed by atoms with Crippen LogP contribution in [0.25, 0.3) is 0 Å². The van der Waals surface area contributed by atoms with Crippen molar-refractivity contribution in [1.82, 2.24) is 4.98 Å². The van der Waals surface area contributed by atoms with E-state index in [0.29, 0.717) is 18.2 Å². The van der Waals surface area contributed by atoms with Gasteiger partial charge in [0.05, 0.1) is 11.6 Å². The zero-order valence-corrected chi connectivity index (χ0v) is 6.39. The van der Waals surface area contributed by atoms with E-state index in [1.165, 1.54) is 6.39 Å². The highest BCUT2D eigenvalue weighted by molar-refractivity contribution is 6.16. The van der Waals surface area contributed by atoms with Gasteiger partial charge in [-0.05, 0) is 0 Å². The van der Waals surface area contributed by atoms with Gasteiger partial charge in [-0.1, -0.05) is 0 Å². The quantitative estimate of drug-likeness (QED) is 0.632. The maximum absolute atomic E-state index is 5.53. The second-order valence-electron chi connectivity index (χ2n) is 1.79. The molecule has 0 N–H and O–H groups in total. The molecular formula is C6H8ClNO2. The van der Waals surface area contributed by atoms with Gasteiger partial charge in [-0.15, -0.1) is 11.6 Å². The molecular weight excluding hydrogens is 154 g/mol. The van der Waals surface area contributed by atoms with E-state index < -0.39 is 0 Å². The minimum absolute atomic E-state index is 0.370. The van der Waals surface area contributed by atoms with Crippen molar-refractivity contribution >= 4 is 11.6 Å². The standard InChI is InChI=1S/C6H8ClNO2/c1-9-3-6-5(2-7)8-4-10-6/h4H,2-3H2,1H3. The molecule has 10 heavy (non-hydrogen) atoms. The van der Waals surface area contributed by atoms with Gasteiger partial charge >= 0.3 is 0 Å². The number of rotatable bonds is 3. The number of aromatic nitrogens is 1. The molecule has 0 saturated carbocycles. The molecule has 56 valence electrons. The van der Waals surface area contributed by atoms with Crippen LogP contribution >= 0.6 is 11.6 Å². The van der Waals surface area contributed by atoms with Crippen molar-refractivity contribution < 1.29 is 9.15 Å². The van der Waals surface area contributed by atoms with Gasteiger partial charge in [-0.3, -0.25) is 0 Å². The fourth-order valence-corrected chi connectivity index (χ4v) is 0.869. The molecule has 0 aliphatic heterocycles. The second-order valence-corrected chi connectivity index (χ2v) is 2.06. The largest absolute Gasteiger partial charge is 0.446 e. The molecule has 0 atom stereocenters. The van der Waals surface area contributed by atoms with Crippen LogP contribution in [0.4, 0.5) is 0 Å². The SMILES string of the molecule is COCc1ocnc1CCl. The highest BCUT2D eigenvalue weighted by atomic mass is 35.5. The van der Waals surface area contributed by atoms with Crippen molar-refractivity contribution in [3.8, 4) is 0 Å². The Morgan fingerprint density at radius 1 is 1.80 bits per heavy atom. The fraction of sp³-hybridized carbons (Fsp3) is 0.500. The highest BCUT2D eigenvalue weighted by Gasteiger charge is 2.04. The van der Waals surface area contributed by atoms with E-state index in [-0.39, 0.29) is 0 Å². The lowest BCUT2D eigenvalue weighted by Crippen LogP contribution is -1.89. The summed E-state index contributed by atoms with van der Waals surface area (Å²) in [5, 5.41) is 0. The first-order chi connectivity index (χ1) is 4.88. The zero-order chi connectivity index (χ0) is 7.40. The van der Waals surface area contributed by atoms with Crippen LogP contribution in [-0.2, 0) is 17.2 Å². The minimum atomic E-state index is 0.370. The maximum Gasteiger partial charge on any atom is 0.181 e. The molecule has 0 spiro atoms. The molecule has 4 heteroatoms. The lowest BCUT2D eigenvalue weighted by molar-refractivity contribution is 0.163. The van der Waals surface area contributed by atoms with E-state index in [1.807, 2.05) is 0 Å². The van der Waals surface area contributed by atoms with Gasteiger partial charge in [0.1, 0.15) is 6.61 Å². The minimum Gasteiger partial charge on any atom is -0.446 e. The summed E-state index contributed by atoms with van der Waals surface area (Å²) in [5.74, 6) is 1.08. The molecule has 0 amide bonds. The third kappa shape index (κ3) is 1.49. The van der Waals surface area contributed by atoms with Gasteiger partial charge in [0.25, 0.3) is 0 Å². The van der Waals surface area contributed by atoms with Crippen LogP contribution in [0.1, 0.15) is 11.5 Å². The zero-order valence-electron chi connectivity index (χ0n) is 5.63. The molecule has 3 nitrogen and oxygen atoms in total. The summed E-state index contributed by atoms with van der Waals surface area (Å²) < 4.78 is 9.81. The molecule has 1 heterocycles. The number of nitrogens with zero attached hydrogens (tertiary/aromatic N) is 1. The summed E-state index contributed by atoms with van der Waals surface area (Å²) in [7, 11) is 1.60. The summed E-state index contributed by atoms with van der Waals surface area (Å²) in [4.78, 5) is 3.87. The number of halogens is 1. The van der Waals surface area contributed by atoms with Gasteiger partial charge in [0.2, 0.25) is 0 Å². The number of hydrogen-bond donors (Lipinski definition) is 0. The van der Waals surface area contributed by atoms with Gasteiger partial charge in [0.15, 0.2) is 12.2 Å². The summed E-state index contributed by atoms with van der Waals surface area (Å²) in [6.07, 6.45) is 1.37. The predicted molar refractivity (Wildman–Crippen MR) is 36.8 cm³/mol. The van der Waals surface area contributed by atoms with E-state index in [2.05, 4.69) is 4.98 Å². The lowest BCUT2D eigenvalue weighted by atomic mass is 10.4. The second kappa shape index (κ2) is 3.58. The molecule has 0 saturated heterocycles. The molecule has 0 aliphatic carbocycles. The number of methoxy groups -OCH3 is 1. The lowest BCUT2D eigenvalue weighted by Gasteiger charge is -1.93. The topological polar surface area (TPSA) is 35.3 Å². The van der Waals surface area contributed by atoms with Crippen molar-refractivity contribution in [3.05, 3.63) is 17.8 Å². The van der Waals surface area contributed by atoms with Crippen LogP contribution in [-0.4, -0.2) is 12.1 Å². The normalized spacial score (nSPS) is 10.2. The Hall–Kier alpha value is -0.540. The van der Waals surface area contributed by atoms with E-state index in [1.54, 1.807) is 7.11 Å². The van der Waals surface area contributed by atoms with Crippen LogP contribution in [0.2, 0.25) is 0 Å². The molecule has 0 aliphatic rings. The van der Waals surface area contributed by atoms with Crippen molar-refractivity contribution in [2.24, 2.45) is 0 Å². The molecule has 1 rings (SSSR count). The molecule has 1 aromatic heterocycles. The van der Waals surface area contributed by atoms with Crippen molar-refractivity contribution in [2.45, 2.75) is 12.5 Å². The van der Waals surface area contributed by atoms with E-state index in [0.717, 1.165) is 5.69 Å². The van der Waals surface area contributed by atoms with Gasteiger partial charge < -0.3 is 9.15 Å². The third-order valence-electron chi connectivity index (χ3n) is 1.13. The number of oxazole rings is 1. The van der Waals surface area contributed by atoms with E-state index >= 15 is 0 Å². The van der Waals surface area contributed by atoms with Crippen LogP contribution in [0.5, 0.6) is 0 Å². The molecule has 0 unspecified atom stereocenters. The first-order valence-corrected chi connectivity index (χ1v) is 3.38. The Morgan fingerprint density at radius 3 is 3.20 bits per heavy atom. The molecule has 0 aromatic carbocycles. The summed E-state index contributed by atoms with van der Waals surface area (Å²) >= 11 is 5.53. The molecule has 0 fully saturated rings. The van der Waals surface area contributed by atoms with E-state index in [4.69, 9.17) is 20.8 Å². The van der Waals surface area contributed by atoms with Gasteiger partial charge in [0, 0.05) is 7.11 Å². The first kappa shape index (κ1) is 7.57. The summed E-state index contributed by atoms with van der Waals surface area (Å²) in [6, 6.07) is 0. The molecule has 0 radical (unpaired) electrons. The Balaban J connectivity index is 2.70. The molecule has 1 aromatic rings. The van der Waals surface area contributed by atoms with Crippen LogP contribution in [0, 0.1) is 0 Å². The Morgan fingerprint density at radius 2 is 2.60 bits per heavy atom. The highest BCUT2D eigenvalue weighted by Crippen LogP contribution is 2.09. The monoisotopic (exact) mass is 161 g/mol. The van der Waals surface area contributed by atoms with Crippen molar-refractivity contribution in [1.29, 1.82) is 0 Å². The van der Waals surface area contributed by atoms with Crippen molar-refractivity contribution in [3.63, 3.8) is 0 Å². The third-order valence-corrected chi connectivity index (χ3v) is 1.38. The van der Waals surface area contributed by atoms with Crippen LogP contribution in [0.15, 0.2) is 10.8 Å². The van der Waals surface area contributed by atoms with Gasteiger partial charge in [-0.2, -0.15) is 0 Å². The van der Waals surface area contributed by atoms with Crippen LogP contribution in [0.3, 0.4) is 0 Å². The van der Waals surface area contributed by atoms with E-state index in [9.17, 15) is 0 Å². The number of alkyl halides is 1. The number of ether oxygens (including phenoxy) is 1. The smallest absolute Gasteiger partial charge is 0.181 e. The Labute approximate surface area is 64.0 Å². The molecule has 0 bridgehead atoms.